The molecule has 0 aliphatic carbocycles. The summed E-state index contributed by atoms with van der Waals surface area (Å²) in [5.41, 5.74) is 0. The zero-order valence-corrected chi connectivity index (χ0v) is 8.16. The van der Waals surface area contributed by atoms with Crippen molar-refractivity contribution in [2.24, 2.45) is 0 Å². The van der Waals surface area contributed by atoms with Crippen molar-refractivity contribution in [3.63, 3.8) is 0 Å². The van der Waals surface area contributed by atoms with E-state index in [-0.39, 0.29) is 0 Å². The molecule has 0 saturated heterocycles. The number of hydrogen-bond acceptors (Lipinski definition) is 1. The van der Waals surface area contributed by atoms with Crippen LogP contribution in [0.2, 0.25) is 0 Å². The molecule has 0 amide bonds. The van der Waals surface area contributed by atoms with E-state index in [0.717, 1.165) is 0 Å². The molecule has 0 rings (SSSR count). The Bertz CT molecular complexity index is 106. The summed E-state index contributed by atoms with van der Waals surface area (Å²) < 4.78 is 5.07. The van der Waals surface area contributed by atoms with Gasteiger partial charge in [-0.3, -0.25) is 0 Å². The molecule has 0 spiro atoms. The van der Waals surface area contributed by atoms with Crippen LogP contribution < -0.4 is 0 Å². The zero-order chi connectivity index (χ0) is 7.28. The van der Waals surface area contributed by atoms with Crippen molar-refractivity contribution in [3.8, 4) is 0 Å². The molecule has 0 aliphatic rings. The quantitative estimate of drug-likeness (QED) is 0.555. The Morgan fingerprint density at radius 1 is 1.11 bits per heavy atom. The van der Waals surface area contributed by atoms with Crippen molar-refractivity contribution in [1.82, 2.24) is 0 Å². The van der Waals surface area contributed by atoms with Crippen molar-refractivity contribution in [2.75, 3.05) is 10.7 Å². The summed E-state index contributed by atoms with van der Waals surface area (Å²) in [6, 6.07) is 0. The number of alkyl halides is 2. The second-order valence-electron chi connectivity index (χ2n) is 1.45. The van der Waals surface area contributed by atoms with Crippen molar-refractivity contribution >= 4 is 31.9 Å². The summed E-state index contributed by atoms with van der Waals surface area (Å²) in [7, 11) is 0. The van der Waals surface area contributed by atoms with Gasteiger partial charge in [0.15, 0.2) is 0 Å². The van der Waals surface area contributed by atoms with Gasteiger partial charge in [0.05, 0.1) is 10.7 Å². The molecular formula is C6H8Br2O. The minimum Gasteiger partial charge on any atom is -0.466 e. The average Bonchev–Trinajstić information content (AvgIpc) is 1.87. The maximum absolute atomic E-state index is 5.07. The number of halogens is 2. The molecule has 0 radical (unpaired) electrons. The van der Waals surface area contributed by atoms with Crippen LogP contribution in [0.25, 0.3) is 0 Å². The molecule has 9 heavy (non-hydrogen) atoms. The third-order valence-electron chi connectivity index (χ3n) is 0.587. The van der Waals surface area contributed by atoms with Gasteiger partial charge in [-0.15, -0.1) is 0 Å². The molecule has 52 valence electrons. The van der Waals surface area contributed by atoms with E-state index < -0.39 is 0 Å². The van der Waals surface area contributed by atoms with Gasteiger partial charge < -0.3 is 4.74 Å². The zero-order valence-electron chi connectivity index (χ0n) is 4.99. The molecule has 0 unspecified atom stereocenters. The van der Waals surface area contributed by atoms with Crippen molar-refractivity contribution < 1.29 is 4.74 Å². The highest BCUT2D eigenvalue weighted by atomic mass is 79.9. The van der Waals surface area contributed by atoms with Crippen molar-refractivity contribution in [2.45, 2.75) is 0 Å². The summed E-state index contributed by atoms with van der Waals surface area (Å²) in [6.07, 6.45) is 0. The van der Waals surface area contributed by atoms with Gasteiger partial charge in [0.2, 0.25) is 0 Å². The lowest BCUT2D eigenvalue weighted by molar-refractivity contribution is 0.319. The normalized spacial score (nSPS) is 8.67. The Labute approximate surface area is 72.0 Å². The molecule has 0 aliphatic heterocycles. The molecule has 0 aromatic heterocycles. The predicted octanol–water partition coefficient (Wildman–Crippen LogP) is 2.82. The topological polar surface area (TPSA) is 9.23 Å². The van der Waals surface area contributed by atoms with Crippen LogP contribution in [0.5, 0.6) is 0 Å². The molecule has 0 bridgehead atoms. The molecule has 0 aromatic rings. The molecule has 0 N–H and O–H groups in total. The van der Waals surface area contributed by atoms with Crippen LogP contribution in [0.1, 0.15) is 0 Å². The monoisotopic (exact) mass is 254 g/mol. The molecular weight excluding hydrogens is 248 g/mol. The van der Waals surface area contributed by atoms with E-state index in [4.69, 9.17) is 4.74 Å². The summed E-state index contributed by atoms with van der Waals surface area (Å²) in [5.74, 6) is 1.36. The SMILES string of the molecule is C=C(CBr)OC(=C)CBr. The molecule has 0 saturated carbocycles. The van der Waals surface area contributed by atoms with Gasteiger partial charge in [0.25, 0.3) is 0 Å². The highest BCUT2D eigenvalue weighted by Crippen LogP contribution is 2.06. The number of allylic oxidation sites excluding steroid dienone is 2. The maximum atomic E-state index is 5.07. The van der Waals surface area contributed by atoms with Crippen LogP contribution in [-0.2, 0) is 4.74 Å². The van der Waals surface area contributed by atoms with E-state index in [1.807, 2.05) is 0 Å². The Morgan fingerprint density at radius 2 is 1.44 bits per heavy atom. The maximum Gasteiger partial charge on any atom is 0.107 e. The van der Waals surface area contributed by atoms with Crippen molar-refractivity contribution in [3.05, 3.63) is 24.7 Å². The summed E-state index contributed by atoms with van der Waals surface area (Å²) in [5, 5.41) is 1.30. The van der Waals surface area contributed by atoms with E-state index in [2.05, 4.69) is 45.0 Å². The summed E-state index contributed by atoms with van der Waals surface area (Å²) in [6.45, 7) is 7.22. The van der Waals surface area contributed by atoms with E-state index in [9.17, 15) is 0 Å². The largest absolute Gasteiger partial charge is 0.466 e. The van der Waals surface area contributed by atoms with Crippen molar-refractivity contribution in [1.29, 1.82) is 0 Å². The van der Waals surface area contributed by atoms with Gasteiger partial charge in [0.1, 0.15) is 11.5 Å². The first kappa shape index (κ1) is 9.24. The Hall–Kier alpha value is 0.240. The Balaban J connectivity index is 3.47. The van der Waals surface area contributed by atoms with Gasteiger partial charge in [0, 0.05) is 0 Å². The van der Waals surface area contributed by atoms with Crippen LogP contribution in [0, 0.1) is 0 Å². The lowest BCUT2D eigenvalue weighted by Gasteiger charge is -2.04. The third kappa shape index (κ3) is 4.73. The molecule has 0 atom stereocenters. The minimum atomic E-state index is 0.652. The van der Waals surface area contributed by atoms with Crippen LogP contribution in [-0.4, -0.2) is 10.7 Å². The summed E-state index contributed by atoms with van der Waals surface area (Å²) >= 11 is 6.38. The van der Waals surface area contributed by atoms with Gasteiger partial charge in [-0.1, -0.05) is 45.0 Å². The summed E-state index contributed by atoms with van der Waals surface area (Å²) in [4.78, 5) is 0. The number of rotatable bonds is 4. The fraction of sp³-hybridized carbons (Fsp3) is 0.333. The highest BCUT2D eigenvalue weighted by molar-refractivity contribution is 9.09. The molecule has 0 aromatic carbocycles. The Kier molecular flexibility index (Phi) is 5.19. The smallest absolute Gasteiger partial charge is 0.107 e. The highest BCUT2D eigenvalue weighted by Gasteiger charge is 1.93. The van der Waals surface area contributed by atoms with Crippen LogP contribution in [0.15, 0.2) is 24.7 Å². The standard InChI is InChI=1S/C6H8Br2O/c1-5(3-7)9-6(2)4-8/h1-4H2. The first-order valence-corrected chi connectivity index (χ1v) is 4.60. The van der Waals surface area contributed by atoms with Gasteiger partial charge in [-0.25, -0.2) is 0 Å². The second kappa shape index (κ2) is 5.06. The van der Waals surface area contributed by atoms with Crippen LogP contribution >= 0.6 is 31.9 Å². The van der Waals surface area contributed by atoms with E-state index in [1.165, 1.54) is 0 Å². The molecule has 0 heterocycles. The van der Waals surface area contributed by atoms with E-state index in [0.29, 0.717) is 22.2 Å². The predicted molar refractivity (Wildman–Crippen MR) is 47.0 cm³/mol. The second-order valence-corrected chi connectivity index (χ2v) is 2.57. The third-order valence-corrected chi connectivity index (χ3v) is 1.84. The molecule has 3 heteroatoms. The fourth-order valence-electron chi connectivity index (χ4n) is 0.259. The van der Waals surface area contributed by atoms with Crippen LogP contribution in [0.4, 0.5) is 0 Å². The molecule has 1 nitrogen and oxygen atoms in total. The molecule has 0 fully saturated rings. The van der Waals surface area contributed by atoms with Gasteiger partial charge in [-0.2, -0.15) is 0 Å². The van der Waals surface area contributed by atoms with Crippen LogP contribution in [0.3, 0.4) is 0 Å². The minimum absolute atomic E-state index is 0.652. The lowest BCUT2D eigenvalue weighted by Crippen LogP contribution is -1.91. The van der Waals surface area contributed by atoms with Gasteiger partial charge in [-0.05, 0) is 0 Å². The van der Waals surface area contributed by atoms with Gasteiger partial charge >= 0.3 is 0 Å². The number of ether oxygens (including phenoxy) is 1. The average molecular weight is 256 g/mol. The number of hydrogen-bond donors (Lipinski definition) is 0. The Morgan fingerprint density at radius 3 is 1.67 bits per heavy atom. The first-order chi connectivity index (χ1) is 4.20. The lowest BCUT2D eigenvalue weighted by atomic mass is 10.6. The fourth-order valence-corrected chi connectivity index (χ4v) is 0.488. The first-order valence-electron chi connectivity index (χ1n) is 2.36. The van der Waals surface area contributed by atoms with E-state index in [1.54, 1.807) is 0 Å². The van der Waals surface area contributed by atoms with E-state index >= 15 is 0 Å².